The predicted octanol–water partition coefficient (Wildman–Crippen LogP) is 3.26. The van der Waals surface area contributed by atoms with Crippen molar-refractivity contribution in [2.45, 2.75) is 120 Å². The first kappa shape index (κ1) is 53.8. The van der Waals surface area contributed by atoms with E-state index in [1.807, 2.05) is 6.07 Å². The minimum absolute atomic E-state index is 0.0762. The molecule has 6 amide bonds. The molecule has 0 spiro atoms. The van der Waals surface area contributed by atoms with Gasteiger partial charge in [0.25, 0.3) is 0 Å². The van der Waals surface area contributed by atoms with Gasteiger partial charge in [-0.3, -0.25) is 33.8 Å². The minimum Gasteiger partial charge on any atom is -0.379 e. The average Bonchev–Trinajstić information content (AvgIpc) is 3.87. The number of ether oxygens (including phenoxy) is 2. The number of likely N-dealkylation sites (tertiary alicyclic amines) is 2. The molecule has 3 aromatic rings. The third-order valence-electron chi connectivity index (χ3n) is 14.1. The van der Waals surface area contributed by atoms with E-state index < -0.39 is 29.7 Å². The quantitative estimate of drug-likeness (QED) is 0.0795. The van der Waals surface area contributed by atoms with Crippen LogP contribution < -0.4 is 31.9 Å². The molecule has 6 N–H and O–H groups in total. The Morgan fingerprint density at radius 3 is 2.35 bits per heavy atom. The Labute approximate surface area is 417 Å². The Kier molecular flexibility index (Phi) is 18.7. The number of hydrogen-bond donors (Lipinski definition) is 6. The number of anilines is 1. The van der Waals surface area contributed by atoms with Crippen molar-refractivity contribution in [3.63, 3.8) is 0 Å². The number of pyridine rings is 1. The van der Waals surface area contributed by atoms with Gasteiger partial charge in [0.05, 0.1) is 54.9 Å². The number of carbonyl (C=O) groups is 6. The Morgan fingerprint density at radius 2 is 1.61 bits per heavy atom. The highest BCUT2D eigenvalue weighted by Crippen LogP contribution is 2.37. The molecule has 2 aromatic heterocycles. The summed E-state index contributed by atoms with van der Waals surface area (Å²) < 4.78 is 51.9. The first-order chi connectivity index (χ1) is 34.5. The molecule has 22 heteroatoms. The molecule has 392 valence electrons. The van der Waals surface area contributed by atoms with E-state index in [-0.39, 0.29) is 129 Å². The monoisotopic (exact) mass is 1010 g/mol. The molecule has 72 heavy (non-hydrogen) atoms. The second-order valence-corrected chi connectivity index (χ2v) is 19.7. The third kappa shape index (κ3) is 14.4. The van der Waals surface area contributed by atoms with Gasteiger partial charge in [-0.2, -0.15) is 13.2 Å². The molecule has 0 unspecified atom stereocenters. The summed E-state index contributed by atoms with van der Waals surface area (Å²) in [7, 11) is 1.68. The van der Waals surface area contributed by atoms with E-state index in [1.54, 1.807) is 35.3 Å². The second-order valence-electron chi connectivity index (χ2n) is 19.7. The molecule has 2 saturated carbocycles. The van der Waals surface area contributed by atoms with Gasteiger partial charge in [-0.15, -0.1) is 0 Å². The van der Waals surface area contributed by atoms with Crippen LogP contribution in [0.2, 0.25) is 0 Å². The normalized spacial score (nSPS) is 24.7. The number of carbonyl (C=O) groups excluding carboxylic acids is 6. The van der Waals surface area contributed by atoms with Crippen LogP contribution in [0.25, 0.3) is 10.9 Å². The van der Waals surface area contributed by atoms with Gasteiger partial charge in [-0.1, -0.05) is 19.9 Å². The van der Waals surface area contributed by atoms with Crippen molar-refractivity contribution in [1.29, 1.82) is 0 Å². The standard InChI is InChI=1S/C50H68F3N11O8/c1-30(2)26-57-35-11-13-41(64-19-14-39(49(64)70)62-46-36-23-33(50(51,52)53)8-12-38(36)58-29-59-46)40(24-35)61-42(65)15-20-71-21-17-55-47(68)31-6-9-34(10-7-31)60-43(66)28-72-22-18-56-48(69)37-25-44(67)63(3)45(37)32-5-4-16-54-27-32/h4-5,8,12,16,23,27,29-31,34-35,37,39-41,45,57H,6-7,9-11,13-15,17-22,24-26,28H2,1-3H3,(H,55,68)(H,56,69)(H,60,66)(H,61,65)(H,58,59,62)/t31?,34?,35-,37+,39+,40-,41+,45-/m1/s1. The van der Waals surface area contributed by atoms with E-state index in [9.17, 15) is 41.9 Å². The Morgan fingerprint density at radius 1 is 0.861 bits per heavy atom. The molecular formula is C50H68F3N11O8. The van der Waals surface area contributed by atoms with Crippen LogP contribution in [0.4, 0.5) is 19.0 Å². The van der Waals surface area contributed by atoms with Crippen LogP contribution in [0.5, 0.6) is 0 Å². The number of alkyl halides is 3. The smallest absolute Gasteiger partial charge is 0.379 e. The van der Waals surface area contributed by atoms with Crippen LogP contribution >= 0.6 is 0 Å². The summed E-state index contributed by atoms with van der Waals surface area (Å²) in [5, 5.41) is 18.7. The lowest BCUT2D eigenvalue weighted by Gasteiger charge is -2.42. The van der Waals surface area contributed by atoms with Gasteiger partial charge in [0.15, 0.2) is 0 Å². The highest BCUT2D eigenvalue weighted by atomic mass is 19.4. The number of amides is 6. The van der Waals surface area contributed by atoms with Gasteiger partial charge in [-0.05, 0) is 93.7 Å². The first-order valence-electron chi connectivity index (χ1n) is 25.1. The lowest BCUT2D eigenvalue weighted by molar-refractivity contribution is -0.137. The van der Waals surface area contributed by atoms with E-state index in [0.717, 1.165) is 30.7 Å². The SMILES string of the molecule is CC(C)CN[C@@H]1CC[C@H](N2CC[C@H](Nc3ncnc4ccc(C(F)(F)F)cc34)C2=O)[C@H](NC(=O)CCOCCNC(=O)C2CCC(NC(=O)COCCNC(=O)[C@H]3CC(=O)N(C)[C@@H]3c3cccnc3)CC2)C1. The van der Waals surface area contributed by atoms with Crippen LogP contribution in [-0.4, -0.2) is 150 Å². The Bertz CT molecular complexity index is 2360. The number of fused-ring (bicyclic) bond motifs is 1. The van der Waals surface area contributed by atoms with E-state index in [2.05, 4.69) is 60.7 Å². The number of hydrogen-bond acceptors (Lipinski definition) is 13. The molecule has 4 aliphatic rings. The van der Waals surface area contributed by atoms with Crippen molar-refractivity contribution in [2.24, 2.45) is 17.8 Å². The van der Waals surface area contributed by atoms with Gasteiger partial charge >= 0.3 is 6.18 Å². The molecule has 19 nitrogen and oxygen atoms in total. The molecule has 2 aliphatic carbocycles. The third-order valence-corrected chi connectivity index (χ3v) is 14.1. The lowest BCUT2D eigenvalue weighted by Crippen LogP contribution is -2.58. The van der Waals surface area contributed by atoms with E-state index in [1.165, 1.54) is 12.4 Å². The molecule has 0 radical (unpaired) electrons. The topological polar surface area (TPSA) is 238 Å². The molecule has 2 aliphatic heterocycles. The van der Waals surface area contributed by atoms with Gasteiger partial charge in [0.2, 0.25) is 35.4 Å². The summed E-state index contributed by atoms with van der Waals surface area (Å²) in [5.41, 5.74) is 0.267. The van der Waals surface area contributed by atoms with Crippen LogP contribution in [0, 0.1) is 17.8 Å². The number of nitrogens with zero attached hydrogens (tertiary/aromatic N) is 5. The summed E-state index contributed by atoms with van der Waals surface area (Å²) in [6.07, 6.45) is 5.09. The largest absolute Gasteiger partial charge is 0.416 e. The number of halogens is 3. The van der Waals surface area contributed by atoms with Crippen molar-refractivity contribution in [3.05, 3.63) is 60.2 Å². The predicted molar refractivity (Wildman–Crippen MR) is 258 cm³/mol. The molecule has 7 rings (SSSR count). The summed E-state index contributed by atoms with van der Waals surface area (Å²) in [6, 6.07) is 5.14. The number of nitrogens with one attached hydrogen (secondary N) is 6. The van der Waals surface area contributed by atoms with Crippen LogP contribution in [0.15, 0.2) is 49.1 Å². The van der Waals surface area contributed by atoms with Gasteiger partial charge < -0.3 is 51.2 Å². The molecule has 4 fully saturated rings. The van der Waals surface area contributed by atoms with Crippen molar-refractivity contribution < 1.29 is 51.4 Å². The van der Waals surface area contributed by atoms with E-state index in [0.29, 0.717) is 62.9 Å². The maximum absolute atomic E-state index is 13.9. The molecular weight excluding hydrogens is 940 g/mol. The van der Waals surface area contributed by atoms with Crippen LogP contribution in [0.1, 0.15) is 95.2 Å². The Hall–Kier alpha value is -6.00. The van der Waals surface area contributed by atoms with Crippen molar-refractivity contribution in [1.82, 2.24) is 51.3 Å². The number of rotatable bonds is 22. The summed E-state index contributed by atoms with van der Waals surface area (Å²) >= 11 is 0. The van der Waals surface area contributed by atoms with Gasteiger partial charge in [0, 0.05) is 75.3 Å². The molecule has 4 heterocycles. The number of aromatic nitrogens is 3. The fraction of sp³-hybridized carbons (Fsp3) is 0.620. The first-order valence-corrected chi connectivity index (χ1v) is 25.1. The van der Waals surface area contributed by atoms with Crippen LogP contribution in [-0.2, 0) is 44.4 Å². The zero-order valence-electron chi connectivity index (χ0n) is 41.2. The van der Waals surface area contributed by atoms with Crippen molar-refractivity contribution >= 4 is 52.2 Å². The highest BCUT2D eigenvalue weighted by molar-refractivity contribution is 5.93. The van der Waals surface area contributed by atoms with Crippen molar-refractivity contribution in [2.75, 3.05) is 65.0 Å². The van der Waals surface area contributed by atoms with Gasteiger partial charge in [-0.25, -0.2) is 9.97 Å². The minimum atomic E-state index is -4.56. The summed E-state index contributed by atoms with van der Waals surface area (Å²) in [6.45, 7) is 6.18. The molecule has 6 atom stereocenters. The molecule has 0 bridgehead atoms. The van der Waals surface area contributed by atoms with Gasteiger partial charge in [0.1, 0.15) is 24.8 Å². The Balaban J connectivity index is 0.771. The second kappa shape index (κ2) is 25.1. The fourth-order valence-corrected chi connectivity index (χ4v) is 10.3. The summed E-state index contributed by atoms with van der Waals surface area (Å²) in [5.74, 6) is -1.38. The zero-order valence-corrected chi connectivity index (χ0v) is 41.2. The fourth-order valence-electron chi connectivity index (χ4n) is 10.3. The maximum Gasteiger partial charge on any atom is 0.416 e. The maximum atomic E-state index is 13.9. The highest BCUT2D eigenvalue weighted by Gasteiger charge is 2.44. The lowest BCUT2D eigenvalue weighted by atomic mass is 9.85. The van der Waals surface area contributed by atoms with Crippen LogP contribution in [0.3, 0.4) is 0 Å². The number of benzene rings is 1. The average molecular weight is 1010 g/mol. The van der Waals surface area contributed by atoms with E-state index >= 15 is 0 Å². The van der Waals surface area contributed by atoms with E-state index in [4.69, 9.17) is 9.47 Å². The summed E-state index contributed by atoms with van der Waals surface area (Å²) in [4.78, 5) is 94.0. The zero-order chi connectivity index (χ0) is 51.4. The van der Waals surface area contributed by atoms with Crippen molar-refractivity contribution in [3.8, 4) is 0 Å². The molecule has 1 aromatic carbocycles. The molecule has 2 saturated heterocycles.